The number of pyridine rings is 1. The van der Waals surface area contributed by atoms with Gasteiger partial charge in [0.05, 0.1) is 0 Å². The second kappa shape index (κ2) is 9.17. The lowest BCUT2D eigenvalue weighted by atomic mass is 10.2. The normalized spacial score (nSPS) is 9.96. The van der Waals surface area contributed by atoms with Crippen LogP contribution >= 0.6 is 0 Å². The molecule has 0 aliphatic rings. The first-order valence-corrected chi connectivity index (χ1v) is 7.78. The first-order chi connectivity index (χ1) is 12.1. The Bertz CT molecular complexity index is 747. The van der Waals surface area contributed by atoms with Gasteiger partial charge < -0.3 is 15.4 Å². The van der Waals surface area contributed by atoms with Crippen molar-refractivity contribution in [3.63, 3.8) is 0 Å². The van der Waals surface area contributed by atoms with E-state index in [4.69, 9.17) is 4.74 Å². The van der Waals surface area contributed by atoms with E-state index in [0.717, 1.165) is 5.69 Å². The zero-order valence-corrected chi connectivity index (χ0v) is 13.8. The number of amides is 2. The molecule has 0 saturated carbocycles. The van der Waals surface area contributed by atoms with E-state index in [1.807, 2.05) is 18.2 Å². The number of hydrogen-bond donors (Lipinski definition) is 2. The predicted octanol–water partition coefficient (Wildman–Crippen LogP) is 0.982. The van der Waals surface area contributed by atoms with Crippen LogP contribution in [-0.4, -0.2) is 29.3 Å². The SMILES string of the molecule is CC(=O)Oc1ccccc1CNC(=O)C(=O)NCCc1ccccn1. The van der Waals surface area contributed by atoms with E-state index in [1.54, 1.807) is 30.5 Å². The van der Waals surface area contributed by atoms with Crippen molar-refractivity contribution in [3.05, 3.63) is 59.9 Å². The van der Waals surface area contributed by atoms with E-state index in [2.05, 4.69) is 15.6 Å². The topological polar surface area (TPSA) is 97.4 Å². The summed E-state index contributed by atoms with van der Waals surface area (Å²) in [6.45, 7) is 1.69. The van der Waals surface area contributed by atoms with Gasteiger partial charge >= 0.3 is 17.8 Å². The number of hydrogen-bond acceptors (Lipinski definition) is 5. The molecular weight excluding hydrogens is 322 g/mol. The highest BCUT2D eigenvalue weighted by Gasteiger charge is 2.14. The van der Waals surface area contributed by atoms with Gasteiger partial charge in [-0.3, -0.25) is 19.4 Å². The maximum Gasteiger partial charge on any atom is 0.309 e. The monoisotopic (exact) mass is 341 g/mol. The summed E-state index contributed by atoms with van der Waals surface area (Å²) in [5.41, 5.74) is 1.44. The molecule has 0 fully saturated rings. The Kier molecular flexibility index (Phi) is 6.65. The molecule has 2 amide bonds. The highest BCUT2D eigenvalue weighted by molar-refractivity contribution is 6.35. The summed E-state index contributed by atoms with van der Waals surface area (Å²) < 4.78 is 5.05. The predicted molar refractivity (Wildman–Crippen MR) is 90.5 cm³/mol. The van der Waals surface area contributed by atoms with E-state index in [1.165, 1.54) is 6.92 Å². The molecule has 1 aromatic heterocycles. The van der Waals surface area contributed by atoms with Gasteiger partial charge in [-0.15, -0.1) is 0 Å². The minimum absolute atomic E-state index is 0.0793. The molecular formula is C18H19N3O4. The minimum Gasteiger partial charge on any atom is -0.426 e. The Morgan fingerprint density at radius 2 is 1.72 bits per heavy atom. The van der Waals surface area contributed by atoms with Crippen LogP contribution in [-0.2, 0) is 27.3 Å². The number of nitrogens with zero attached hydrogens (tertiary/aromatic N) is 1. The Hall–Kier alpha value is -3.22. The largest absolute Gasteiger partial charge is 0.426 e. The second-order valence-corrected chi connectivity index (χ2v) is 5.21. The van der Waals surface area contributed by atoms with Crippen LogP contribution in [0, 0.1) is 0 Å². The first kappa shape index (κ1) is 18.1. The van der Waals surface area contributed by atoms with Crippen molar-refractivity contribution in [3.8, 4) is 5.75 Å². The Morgan fingerprint density at radius 3 is 2.44 bits per heavy atom. The summed E-state index contributed by atoms with van der Waals surface area (Å²) in [5, 5.41) is 5.04. The number of benzene rings is 1. The molecule has 0 radical (unpaired) electrons. The first-order valence-electron chi connectivity index (χ1n) is 7.78. The van der Waals surface area contributed by atoms with Crippen molar-refractivity contribution in [2.24, 2.45) is 0 Å². The van der Waals surface area contributed by atoms with Gasteiger partial charge in [-0.2, -0.15) is 0 Å². The Labute approximate surface area is 145 Å². The number of aromatic nitrogens is 1. The van der Waals surface area contributed by atoms with Crippen molar-refractivity contribution in [1.82, 2.24) is 15.6 Å². The number of carbonyl (C=O) groups is 3. The highest BCUT2D eigenvalue weighted by Crippen LogP contribution is 2.17. The van der Waals surface area contributed by atoms with E-state index < -0.39 is 17.8 Å². The van der Waals surface area contributed by atoms with Gasteiger partial charge in [0.25, 0.3) is 0 Å². The van der Waals surface area contributed by atoms with Crippen molar-refractivity contribution < 1.29 is 19.1 Å². The molecule has 130 valence electrons. The van der Waals surface area contributed by atoms with E-state index >= 15 is 0 Å². The van der Waals surface area contributed by atoms with Crippen LogP contribution in [0.5, 0.6) is 5.75 Å². The van der Waals surface area contributed by atoms with Crippen LogP contribution in [0.2, 0.25) is 0 Å². The zero-order valence-electron chi connectivity index (χ0n) is 13.8. The lowest BCUT2D eigenvalue weighted by Gasteiger charge is -2.10. The van der Waals surface area contributed by atoms with Crippen LogP contribution in [0.1, 0.15) is 18.2 Å². The van der Waals surface area contributed by atoms with Gasteiger partial charge in [0, 0.05) is 43.9 Å². The summed E-state index contributed by atoms with van der Waals surface area (Å²) in [5.74, 6) is -1.57. The van der Waals surface area contributed by atoms with Gasteiger partial charge in [-0.1, -0.05) is 24.3 Å². The van der Waals surface area contributed by atoms with E-state index in [-0.39, 0.29) is 6.54 Å². The lowest BCUT2D eigenvalue weighted by molar-refractivity contribution is -0.139. The molecule has 0 spiro atoms. The van der Waals surface area contributed by atoms with Gasteiger partial charge in [0.1, 0.15) is 5.75 Å². The summed E-state index contributed by atoms with van der Waals surface area (Å²) in [6, 6.07) is 12.3. The quantitative estimate of drug-likeness (QED) is 0.464. The fourth-order valence-electron chi connectivity index (χ4n) is 2.09. The molecule has 0 atom stereocenters. The van der Waals surface area contributed by atoms with Crippen LogP contribution in [0.3, 0.4) is 0 Å². The third-order valence-electron chi connectivity index (χ3n) is 3.26. The van der Waals surface area contributed by atoms with Gasteiger partial charge in [-0.05, 0) is 18.2 Å². The maximum atomic E-state index is 11.8. The summed E-state index contributed by atoms with van der Waals surface area (Å²) >= 11 is 0. The Morgan fingerprint density at radius 1 is 1.00 bits per heavy atom. The van der Waals surface area contributed by atoms with Crippen molar-refractivity contribution in [1.29, 1.82) is 0 Å². The molecule has 0 aliphatic carbocycles. The number of esters is 1. The molecule has 7 nitrogen and oxygen atoms in total. The molecule has 1 heterocycles. The number of para-hydroxylation sites is 1. The summed E-state index contributed by atoms with van der Waals surface area (Å²) in [6.07, 6.45) is 2.21. The summed E-state index contributed by atoms with van der Waals surface area (Å²) in [7, 11) is 0. The van der Waals surface area contributed by atoms with Gasteiger partial charge in [0.15, 0.2) is 0 Å². The second-order valence-electron chi connectivity index (χ2n) is 5.21. The van der Waals surface area contributed by atoms with Gasteiger partial charge in [-0.25, -0.2) is 0 Å². The van der Waals surface area contributed by atoms with Crippen molar-refractivity contribution in [2.45, 2.75) is 19.9 Å². The average molecular weight is 341 g/mol. The molecule has 0 aliphatic heterocycles. The fraction of sp³-hybridized carbons (Fsp3) is 0.222. The molecule has 0 bridgehead atoms. The molecule has 1 aromatic carbocycles. The maximum absolute atomic E-state index is 11.8. The third-order valence-corrected chi connectivity index (χ3v) is 3.26. The van der Waals surface area contributed by atoms with Crippen LogP contribution in [0.4, 0.5) is 0 Å². The lowest BCUT2D eigenvalue weighted by Crippen LogP contribution is -2.40. The average Bonchev–Trinajstić information content (AvgIpc) is 2.61. The minimum atomic E-state index is -0.751. The number of rotatable bonds is 6. The standard InChI is InChI=1S/C18H19N3O4/c1-13(22)25-16-8-3-2-6-14(16)12-21-18(24)17(23)20-11-9-15-7-4-5-10-19-15/h2-8,10H,9,11-12H2,1H3,(H,20,23)(H,21,24). The van der Waals surface area contributed by atoms with Crippen LogP contribution in [0.15, 0.2) is 48.7 Å². The van der Waals surface area contributed by atoms with Gasteiger partial charge in [0.2, 0.25) is 0 Å². The third kappa shape index (κ3) is 6.06. The number of carbonyl (C=O) groups excluding carboxylic acids is 3. The number of ether oxygens (including phenoxy) is 1. The fourth-order valence-corrected chi connectivity index (χ4v) is 2.09. The van der Waals surface area contributed by atoms with Crippen LogP contribution in [0.25, 0.3) is 0 Å². The van der Waals surface area contributed by atoms with Crippen molar-refractivity contribution >= 4 is 17.8 Å². The van der Waals surface area contributed by atoms with Crippen molar-refractivity contribution in [2.75, 3.05) is 6.54 Å². The molecule has 7 heteroatoms. The molecule has 2 rings (SSSR count). The van der Waals surface area contributed by atoms with E-state index in [0.29, 0.717) is 24.3 Å². The number of nitrogens with one attached hydrogen (secondary N) is 2. The molecule has 2 aromatic rings. The van der Waals surface area contributed by atoms with Crippen LogP contribution < -0.4 is 15.4 Å². The smallest absolute Gasteiger partial charge is 0.309 e. The zero-order chi connectivity index (χ0) is 18.1. The highest BCUT2D eigenvalue weighted by atomic mass is 16.5. The Balaban J connectivity index is 1.80. The van der Waals surface area contributed by atoms with E-state index in [9.17, 15) is 14.4 Å². The molecule has 0 unspecified atom stereocenters. The molecule has 2 N–H and O–H groups in total. The molecule has 0 saturated heterocycles. The summed E-state index contributed by atoms with van der Waals surface area (Å²) in [4.78, 5) is 38.8. The molecule has 25 heavy (non-hydrogen) atoms.